The van der Waals surface area contributed by atoms with Crippen molar-refractivity contribution in [3.8, 4) is 5.75 Å². The number of Topliss-reactive ketones (excluding diaryl/α,β-unsaturated/α-hetero) is 1. The molecule has 3 heterocycles. The van der Waals surface area contributed by atoms with Gasteiger partial charge in [0.1, 0.15) is 17.0 Å². The van der Waals surface area contributed by atoms with E-state index in [1.165, 1.54) is 29.2 Å². The van der Waals surface area contributed by atoms with E-state index in [2.05, 4.69) is 4.98 Å². The Kier molecular flexibility index (Phi) is 5.66. The molecule has 1 N–H and O–H groups in total. The molecule has 1 unspecified atom stereocenters. The number of para-hydroxylation sites is 1. The van der Waals surface area contributed by atoms with Gasteiger partial charge in [0.2, 0.25) is 5.78 Å². The first-order valence-electron chi connectivity index (χ1n) is 10.5. The molecule has 5 rings (SSSR count). The van der Waals surface area contributed by atoms with Crippen molar-refractivity contribution in [2.75, 3.05) is 4.90 Å². The monoisotopic (exact) mass is 508 g/mol. The van der Waals surface area contributed by atoms with Gasteiger partial charge in [-0.1, -0.05) is 41.1 Å². The molecule has 2 aromatic carbocycles. The van der Waals surface area contributed by atoms with Crippen molar-refractivity contribution in [1.29, 1.82) is 0 Å². The van der Waals surface area contributed by atoms with Gasteiger partial charge in [0, 0.05) is 6.92 Å². The number of thiazole rings is 1. The van der Waals surface area contributed by atoms with Crippen LogP contribution in [0.25, 0.3) is 10.2 Å². The van der Waals surface area contributed by atoms with E-state index in [-0.39, 0.29) is 16.5 Å². The fourth-order valence-corrected chi connectivity index (χ4v) is 5.22. The molecule has 0 fully saturated rings. The Morgan fingerprint density at radius 1 is 1.14 bits per heavy atom. The molecular weight excluding hydrogens is 492 g/mol. The molecule has 0 saturated carbocycles. The third-order valence-electron chi connectivity index (χ3n) is 5.44. The van der Waals surface area contributed by atoms with E-state index in [1.807, 2.05) is 6.07 Å². The molecule has 0 radical (unpaired) electrons. The summed E-state index contributed by atoms with van der Waals surface area (Å²) in [5.41, 5.74) is 0.858. The van der Waals surface area contributed by atoms with E-state index in [4.69, 9.17) is 20.8 Å². The normalized spacial score (nSPS) is 15.8. The second-order valence-corrected chi connectivity index (χ2v) is 9.24. The predicted molar refractivity (Wildman–Crippen MR) is 130 cm³/mol. The molecular formula is C25H17ClN2O6S. The highest BCUT2D eigenvalue weighted by atomic mass is 35.5. The number of ketones is 1. The molecule has 0 spiro atoms. The number of esters is 1. The van der Waals surface area contributed by atoms with E-state index < -0.39 is 29.5 Å². The van der Waals surface area contributed by atoms with Gasteiger partial charge in [0.15, 0.2) is 16.7 Å². The second kappa shape index (κ2) is 8.68. The molecule has 0 saturated heterocycles. The molecule has 1 aliphatic heterocycles. The van der Waals surface area contributed by atoms with Gasteiger partial charge >= 0.3 is 5.97 Å². The second-order valence-electron chi connectivity index (χ2n) is 7.83. The number of carbonyl (C=O) groups excluding carboxylic acids is 3. The predicted octanol–water partition coefficient (Wildman–Crippen LogP) is 5.56. The van der Waals surface area contributed by atoms with Crippen molar-refractivity contribution < 1.29 is 28.6 Å². The number of rotatable bonds is 5. The Balaban J connectivity index is 1.65. The first-order valence-corrected chi connectivity index (χ1v) is 11.7. The largest absolute Gasteiger partial charge is 0.503 e. The number of hydrogen-bond acceptors (Lipinski definition) is 8. The van der Waals surface area contributed by atoms with Crippen LogP contribution in [0.4, 0.5) is 5.13 Å². The molecule has 0 aliphatic carbocycles. The number of ether oxygens (including phenoxy) is 1. The Morgan fingerprint density at radius 3 is 2.51 bits per heavy atom. The molecule has 0 bridgehead atoms. The minimum absolute atomic E-state index is 0.00687. The van der Waals surface area contributed by atoms with Crippen LogP contribution in [0.3, 0.4) is 0 Å². The topological polar surface area (TPSA) is 110 Å². The minimum Gasteiger partial charge on any atom is -0.503 e. The lowest BCUT2D eigenvalue weighted by atomic mass is 9.95. The van der Waals surface area contributed by atoms with Crippen molar-refractivity contribution >= 4 is 55.9 Å². The average Bonchev–Trinajstić information content (AvgIpc) is 3.51. The Bertz CT molecular complexity index is 1540. The average molecular weight is 509 g/mol. The zero-order valence-corrected chi connectivity index (χ0v) is 20.0. The lowest BCUT2D eigenvalue weighted by Gasteiger charge is -2.24. The number of fused-ring (bicyclic) bond motifs is 1. The first-order chi connectivity index (χ1) is 16.7. The van der Waals surface area contributed by atoms with Crippen LogP contribution >= 0.6 is 22.9 Å². The van der Waals surface area contributed by atoms with Crippen LogP contribution in [-0.4, -0.2) is 27.8 Å². The fraction of sp³-hybridized carbons (Fsp3) is 0.120. The molecule has 1 aliphatic rings. The summed E-state index contributed by atoms with van der Waals surface area (Å²) in [6.07, 6.45) is 0. The van der Waals surface area contributed by atoms with E-state index in [0.717, 1.165) is 4.70 Å². The Labute approximate surface area is 208 Å². The highest BCUT2D eigenvalue weighted by molar-refractivity contribution is 7.22. The summed E-state index contributed by atoms with van der Waals surface area (Å²) >= 11 is 7.49. The van der Waals surface area contributed by atoms with Crippen LogP contribution in [0, 0.1) is 6.92 Å². The molecule has 10 heteroatoms. The van der Waals surface area contributed by atoms with Gasteiger partial charge in [-0.05, 0) is 48.9 Å². The third-order valence-corrected chi connectivity index (χ3v) is 6.76. The number of nitrogens with zero attached hydrogens (tertiary/aromatic N) is 2. The lowest BCUT2D eigenvalue weighted by molar-refractivity contribution is -0.131. The number of halogens is 1. The van der Waals surface area contributed by atoms with Gasteiger partial charge in [0.25, 0.3) is 5.91 Å². The summed E-state index contributed by atoms with van der Waals surface area (Å²) in [6, 6.07) is 13.7. The van der Waals surface area contributed by atoms with E-state index in [1.54, 1.807) is 49.4 Å². The van der Waals surface area contributed by atoms with Crippen molar-refractivity contribution in [3.63, 3.8) is 0 Å². The summed E-state index contributed by atoms with van der Waals surface area (Å²) < 4.78 is 11.3. The Hall–Kier alpha value is -3.95. The smallest absolute Gasteiger partial charge is 0.308 e. The molecule has 4 aromatic rings. The van der Waals surface area contributed by atoms with Gasteiger partial charge < -0.3 is 14.3 Å². The Morgan fingerprint density at radius 2 is 1.89 bits per heavy atom. The third kappa shape index (κ3) is 3.98. The van der Waals surface area contributed by atoms with Crippen LogP contribution in [0.2, 0.25) is 5.02 Å². The van der Waals surface area contributed by atoms with Gasteiger partial charge in [0.05, 0.1) is 21.3 Å². The van der Waals surface area contributed by atoms with Crippen LogP contribution in [0.5, 0.6) is 5.75 Å². The van der Waals surface area contributed by atoms with Gasteiger partial charge in [-0.15, -0.1) is 0 Å². The van der Waals surface area contributed by atoms with Crippen molar-refractivity contribution in [2.45, 2.75) is 19.9 Å². The number of aryl methyl sites for hydroxylation is 1. The summed E-state index contributed by atoms with van der Waals surface area (Å²) in [6.45, 7) is 2.97. The first kappa shape index (κ1) is 22.8. The maximum Gasteiger partial charge on any atom is 0.308 e. The number of amides is 1. The number of benzene rings is 2. The number of anilines is 1. The molecule has 1 atom stereocenters. The summed E-state index contributed by atoms with van der Waals surface area (Å²) in [7, 11) is 0. The number of aliphatic hydroxyl groups excluding tert-OH is 1. The number of hydrogen-bond donors (Lipinski definition) is 1. The zero-order chi connectivity index (χ0) is 24.9. The zero-order valence-electron chi connectivity index (χ0n) is 18.4. The summed E-state index contributed by atoms with van der Waals surface area (Å²) in [5.74, 6) is -1.77. The molecule has 1 amide bonds. The van der Waals surface area contributed by atoms with Crippen LogP contribution < -0.4 is 9.64 Å². The van der Waals surface area contributed by atoms with Crippen molar-refractivity contribution in [3.05, 3.63) is 88.0 Å². The highest BCUT2D eigenvalue weighted by Gasteiger charge is 2.46. The van der Waals surface area contributed by atoms with Crippen molar-refractivity contribution in [1.82, 2.24) is 4.98 Å². The van der Waals surface area contributed by atoms with E-state index in [9.17, 15) is 19.5 Å². The number of aliphatic hydroxyl groups is 1. The molecule has 8 nitrogen and oxygen atoms in total. The van der Waals surface area contributed by atoms with Crippen molar-refractivity contribution in [2.24, 2.45) is 0 Å². The maximum absolute atomic E-state index is 13.4. The molecule has 35 heavy (non-hydrogen) atoms. The highest BCUT2D eigenvalue weighted by Crippen LogP contribution is 2.45. The molecule has 176 valence electrons. The quantitative estimate of drug-likeness (QED) is 0.213. The fourth-order valence-electron chi connectivity index (χ4n) is 3.93. The van der Waals surface area contributed by atoms with E-state index in [0.29, 0.717) is 27.6 Å². The minimum atomic E-state index is -1.01. The van der Waals surface area contributed by atoms with Crippen LogP contribution in [-0.2, 0) is 9.59 Å². The van der Waals surface area contributed by atoms with Crippen LogP contribution in [0.1, 0.15) is 34.8 Å². The van der Waals surface area contributed by atoms with Gasteiger partial charge in [-0.2, -0.15) is 0 Å². The summed E-state index contributed by atoms with van der Waals surface area (Å²) in [5, 5.41) is 11.5. The lowest BCUT2D eigenvalue weighted by Crippen LogP contribution is -2.30. The number of carbonyl (C=O) groups is 3. The van der Waals surface area contributed by atoms with Gasteiger partial charge in [-0.3, -0.25) is 19.3 Å². The van der Waals surface area contributed by atoms with E-state index >= 15 is 0 Å². The SMILES string of the molecule is CC(=O)Oc1ccc(C2C(C(=O)c3ccc(C)o3)=C(O)C(=O)N2c2nc3c(Cl)cccc3s2)cc1. The standard InChI is InChI=1S/C25H17ClN2O6S/c1-12-6-11-17(33-12)22(30)19-21(14-7-9-15(10-8-14)34-13(2)29)28(24(32)23(19)31)25-27-20-16(26)4-3-5-18(20)35-25/h3-11,21,31H,1-2H3. The summed E-state index contributed by atoms with van der Waals surface area (Å²) in [4.78, 5) is 43.8. The van der Waals surface area contributed by atoms with Crippen LogP contribution in [0.15, 0.2) is 70.3 Å². The van der Waals surface area contributed by atoms with Gasteiger partial charge in [-0.25, -0.2) is 4.98 Å². The number of furan rings is 1. The molecule has 2 aromatic heterocycles. The maximum atomic E-state index is 13.4. The number of aromatic nitrogens is 1.